The van der Waals surface area contributed by atoms with E-state index in [0.29, 0.717) is 12.3 Å². The predicted molar refractivity (Wildman–Crippen MR) is 119 cm³/mol. The third-order valence-electron chi connectivity index (χ3n) is 5.15. The zero-order valence-electron chi connectivity index (χ0n) is 16.8. The summed E-state index contributed by atoms with van der Waals surface area (Å²) in [7, 11) is 0. The van der Waals surface area contributed by atoms with E-state index in [9.17, 15) is 4.79 Å². The van der Waals surface area contributed by atoms with Gasteiger partial charge in [0.15, 0.2) is 0 Å². The number of fused-ring (bicyclic) bond motifs is 1. The molecule has 0 aliphatic rings. The number of hydrogen-bond acceptors (Lipinski definition) is 3. The Balaban J connectivity index is 1.73. The fraction of sp³-hybridized carbons (Fsp3) is 0.154. The minimum Gasteiger partial charge on any atom is -0.481 e. The third kappa shape index (κ3) is 4.49. The molecule has 1 unspecified atom stereocenters. The molecule has 30 heavy (non-hydrogen) atoms. The van der Waals surface area contributed by atoms with Gasteiger partial charge < -0.3 is 9.84 Å². The summed E-state index contributed by atoms with van der Waals surface area (Å²) in [4.78, 5) is 15.6. The van der Waals surface area contributed by atoms with Gasteiger partial charge in [-0.25, -0.2) is 4.98 Å². The molecule has 0 aliphatic carbocycles. The Morgan fingerprint density at radius 3 is 2.47 bits per heavy atom. The van der Waals surface area contributed by atoms with Gasteiger partial charge in [0, 0.05) is 18.2 Å². The highest BCUT2D eigenvalue weighted by Crippen LogP contribution is 2.34. The topological polar surface area (TPSA) is 59.4 Å². The molecule has 4 heteroatoms. The van der Waals surface area contributed by atoms with Crippen LogP contribution in [-0.2, 0) is 11.2 Å². The van der Waals surface area contributed by atoms with Crippen molar-refractivity contribution in [3.63, 3.8) is 0 Å². The van der Waals surface area contributed by atoms with Gasteiger partial charge in [-0.2, -0.15) is 0 Å². The highest BCUT2D eigenvalue weighted by Gasteiger charge is 2.15. The molecule has 1 heterocycles. The predicted octanol–water partition coefficient (Wildman–Crippen LogP) is 6.06. The summed E-state index contributed by atoms with van der Waals surface area (Å²) in [5, 5.41) is 11.3. The molecule has 1 aromatic heterocycles. The molecular weight excluding hydrogens is 374 g/mol. The molecule has 150 valence electrons. The Bertz CT molecular complexity index is 1170. The maximum absolute atomic E-state index is 11.0. The Morgan fingerprint density at radius 1 is 0.967 bits per heavy atom. The lowest BCUT2D eigenvalue weighted by atomic mass is 10.00. The maximum atomic E-state index is 11.0. The van der Waals surface area contributed by atoms with Crippen molar-refractivity contribution in [2.75, 3.05) is 0 Å². The van der Waals surface area contributed by atoms with Gasteiger partial charge in [-0.1, -0.05) is 66.7 Å². The summed E-state index contributed by atoms with van der Waals surface area (Å²) in [6.45, 7) is 2.00. The van der Waals surface area contributed by atoms with Crippen molar-refractivity contribution in [2.45, 2.75) is 25.9 Å². The molecule has 4 nitrogen and oxygen atoms in total. The van der Waals surface area contributed by atoms with Gasteiger partial charge in [0.2, 0.25) is 5.88 Å². The number of aromatic nitrogens is 1. The van der Waals surface area contributed by atoms with E-state index in [4.69, 9.17) is 9.84 Å². The van der Waals surface area contributed by atoms with Gasteiger partial charge in [0.05, 0.1) is 0 Å². The van der Waals surface area contributed by atoms with Crippen LogP contribution in [0.1, 0.15) is 30.6 Å². The number of nitrogens with zero attached hydrogens (tertiary/aromatic N) is 1. The molecule has 0 saturated carbocycles. The van der Waals surface area contributed by atoms with Crippen molar-refractivity contribution in [3.8, 4) is 17.0 Å². The normalized spacial score (nSPS) is 11.9. The van der Waals surface area contributed by atoms with E-state index in [1.807, 2.05) is 55.5 Å². The number of benzene rings is 3. The number of aliphatic carboxylic acids is 1. The first-order chi connectivity index (χ1) is 14.6. The first kappa shape index (κ1) is 19.6. The van der Waals surface area contributed by atoms with Crippen molar-refractivity contribution in [2.24, 2.45) is 0 Å². The van der Waals surface area contributed by atoms with E-state index in [2.05, 4.69) is 35.3 Å². The number of carboxylic acid groups (broad SMARTS) is 1. The SMILES string of the molecule is CC(Oc1ncc(CCC(=O)O)cc1-c1ccc2ccccc2c1)c1ccccc1. The van der Waals surface area contributed by atoms with Gasteiger partial charge in [-0.15, -0.1) is 0 Å². The number of ether oxygens (including phenoxy) is 1. The number of aryl methyl sites for hydroxylation is 1. The fourth-order valence-corrected chi connectivity index (χ4v) is 3.50. The summed E-state index contributed by atoms with van der Waals surface area (Å²) < 4.78 is 6.25. The second-order valence-corrected chi connectivity index (χ2v) is 7.32. The molecule has 0 spiro atoms. The second-order valence-electron chi connectivity index (χ2n) is 7.32. The average molecular weight is 397 g/mol. The molecule has 0 fully saturated rings. The van der Waals surface area contributed by atoms with Crippen LogP contribution in [0.15, 0.2) is 85.1 Å². The summed E-state index contributed by atoms with van der Waals surface area (Å²) in [6.07, 6.45) is 2.04. The molecule has 0 saturated heterocycles. The van der Waals surface area contributed by atoms with Crippen LogP contribution >= 0.6 is 0 Å². The Kier molecular flexibility index (Phi) is 5.75. The lowest BCUT2D eigenvalue weighted by Crippen LogP contribution is -2.06. The van der Waals surface area contributed by atoms with Gasteiger partial charge in [0.1, 0.15) is 6.10 Å². The zero-order chi connectivity index (χ0) is 20.9. The summed E-state index contributed by atoms with van der Waals surface area (Å²) >= 11 is 0. The molecule has 3 aromatic carbocycles. The monoisotopic (exact) mass is 397 g/mol. The molecule has 4 aromatic rings. The first-order valence-corrected chi connectivity index (χ1v) is 10.0. The lowest BCUT2D eigenvalue weighted by molar-refractivity contribution is -0.136. The minimum atomic E-state index is -0.819. The Hall–Kier alpha value is -3.66. The summed E-state index contributed by atoms with van der Waals surface area (Å²) in [6, 6.07) is 26.5. The number of hydrogen-bond donors (Lipinski definition) is 1. The average Bonchev–Trinajstić information content (AvgIpc) is 2.78. The van der Waals surface area contributed by atoms with Crippen LogP contribution in [-0.4, -0.2) is 16.1 Å². The van der Waals surface area contributed by atoms with E-state index >= 15 is 0 Å². The van der Waals surface area contributed by atoms with Crippen molar-refractivity contribution in [3.05, 3.63) is 96.2 Å². The molecule has 0 radical (unpaired) electrons. The van der Waals surface area contributed by atoms with E-state index in [-0.39, 0.29) is 12.5 Å². The highest BCUT2D eigenvalue weighted by atomic mass is 16.5. The molecular formula is C26H23NO3. The van der Waals surface area contributed by atoms with Crippen LogP contribution in [0, 0.1) is 0 Å². The van der Waals surface area contributed by atoms with Gasteiger partial charge >= 0.3 is 5.97 Å². The van der Waals surface area contributed by atoms with Crippen LogP contribution in [0.5, 0.6) is 5.88 Å². The fourth-order valence-electron chi connectivity index (χ4n) is 3.50. The second kappa shape index (κ2) is 8.78. The molecule has 4 rings (SSSR count). The number of pyridine rings is 1. The van der Waals surface area contributed by atoms with E-state index in [1.165, 1.54) is 0 Å². The smallest absolute Gasteiger partial charge is 0.303 e. The Morgan fingerprint density at radius 2 is 1.70 bits per heavy atom. The minimum absolute atomic E-state index is 0.0689. The third-order valence-corrected chi connectivity index (χ3v) is 5.15. The van der Waals surface area contributed by atoms with Gasteiger partial charge in [-0.05, 0) is 52.9 Å². The molecule has 1 N–H and O–H groups in total. The molecule has 0 aliphatic heterocycles. The van der Waals surface area contributed by atoms with Crippen LogP contribution in [0.4, 0.5) is 0 Å². The quantitative estimate of drug-likeness (QED) is 0.412. The van der Waals surface area contributed by atoms with Gasteiger partial charge in [-0.3, -0.25) is 4.79 Å². The van der Waals surface area contributed by atoms with Crippen molar-refractivity contribution in [1.82, 2.24) is 4.98 Å². The van der Waals surface area contributed by atoms with E-state index in [1.54, 1.807) is 6.20 Å². The van der Waals surface area contributed by atoms with E-state index in [0.717, 1.165) is 33.0 Å². The highest BCUT2D eigenvalue weighted by molar-refractivity contribution is 5.88. The first-order valence-electron chi connectivity index (χ1n) is 10.0. The Labute approximate surface area is 175 Å². The standard InChI is InChI=1S/C26H23NO3/c1-18(20-7-3-2-4-8-20)30-26-24(15-19(17-27-26)11-14-25(28)29)23-13-12-21-9-5-6-10-22(21)16-23/h2-10,12-13,15-18H,11,14H2,1H3,(H,28,29). The van der Waals surface area contributed by atoms with Crippen LogP contribution < -0.4 is 4.74 Å². The van der Waals surface area contributed by atoms with E-state index < -0.39 is 5.97 Å². The van der Waals surface area contributed by atoms with Gasteiger partial charge in [0.25, 0.3) is 0 Å². The van der Waals surface area contributed by atoms with Crippen LogP contribution in [0.25, 0.3) is 21.9 Å². The zero-order valence-corrected chi connectivity index (χ0v) is 16.8. The maximum Gasteiger partial charge on any atom is 0.303 e. The van der Waals surface area contributed by atoms with Crippen molar-refractivity contribution < 1.29 is 14.6 Å². The molecule has 1 atom stereocenters. The summed E-state index contributed by atoms with van der Waals surface area (Å²) in [5.74, 6) is -0.277. The van der Waals surface area contributed by atoms with Crippen molar-refractivity contribution >= 4 is 16.7 Å². The number of carbonyl (C=O) groups is 1. The lowest BCUT2D eigenvalue weighted by Gasteiger charge is -2.18. The summed E-state index contributed by atoms with van der Waals surface area (Å²) in [5.41, 5.74) is 3.80. The molecule has 0 amide bonds. The van der Waals surface area contributed by atoms with Crippen molar-refractivity contribution in [1.29, 1.82) is 0 Å². The van der Waals surface area contributed by atoms with Crippen LogP contribution in [0.2, 0.25) is 0 Å². The largest absolute Gasteiger partial charge is 0.481 e. The van der Waals surface area contributed by atoms with Crippen LogP contribution in [0.3, 0.4) is 0 Å². The number of carboxylic acids is 1. The molecule has 0 bridgehead atoms. The number of rotatable bonds is 7.